The number of carbonyl (C=O) groups excluding carboxylic acids is 1. The van der Waals surface area contributed by atoms with E-state index in [1.165, 1.54) is 0 Å². The summed E-state index contributed by atoms with van der Waals surface area (Å²) in [6.45, 7) is 8.51. The lowest BCUT2D eigenvalue weighted by Crippen LogP contribution is -2.59. The number of hydrogen-bond donors (Lipinski definition) is 1. The predicted octanol–water partition coefficient (Wildman–Crippen LogP) is 5.08. The fourth-order valence-electron chi connectivity index (χ4n) is 5.35. The van der Waals surface area contributed by atoms with E-state index in [9.17, 15) is 9.90 Å². The summed E-state index contributed by atoms with van der Waals surface area (Å²) in [4.78, 5) is 15.4. The normalized spacial score (nSPS) is 33.0. The van der Waals surface area contributed by atoms with Gasteiger partial charge in [0.15, 0.2) is 12.6 Å². The van der Waals surface area contributed by atoms with Crippen LogP contribution in [-0.4, -0.2) is 68.0 Å². The summed E-state index contributed by atoms with van der Waals surface area (Å²) >= 11 is 0. The Morgan fingerprint density at radius 1 is 0.881 bits per heavy atom. The van der Waals surface area contributed by atoms with Crippen LogP contribution >= 0.6 is 0 Å². The molecule has 0 aliphatic carbocycles. The van der Waals surface area contributed by atoms with E-state index in [0.717, 1.165) is 5.56 Å². The van der Waals surface area contributed by atoms with E-state index in [1.807, 2.05) is 36.4 Å². The van der Waals surface area contributed by atoms with Gasteiger partial charge in [0.2, 0.25) is 0 Å². The molecule has 0 spiro atoms. The number of benzene rings is 2. The van der Waals surface area contributed by atoms with Gasteiger partial charge in [-0.1, -0.05) is 81.3 Å². The Bertz CT molecular complexity index is 1170. The average Bonchev–Trinajstić information content (AvgIpc) is 3.01. The number of rotatable bonds is 12. The summed E-state index contributed by atoms with van der Waals surface area (Å²) in [5.74, 6) is -0.617. The van der Waals surface area contributed by atoms with Gasteiger partial charge in [-0.2, -0.15) is 0 Å². The lowest BCUT2D eigenvalue weighted by Gasteiger charge is -2.48. The highest BCUT2D eigenvalue weighted by Gasteiger charge is 2.48. The minimum absolute atomic E-state index is 0.000613. The summed E-state index contributed by atoms with van der Waals surface area (Å²) in [6.07, 6.45) is -4.61. The summed E-state index contributed by atoms with van der Waals surface area (Å²) in [5.41, 5.74) is 10.1. The quantitative estimate of drug-likeness (QED) is 0.158. The van der Waals surface area contributed by atoms with Crippen LogP contribution in [0, 0.1) is 23.7 Å². The van der Waals surface area contributed by atoms with E-state index < -0.39 is 42.8 Å². The minimum atomic E-state index is -1.05. The molecule has 0 bridgehead atoms. The van der Waals surface area contributed by atoms with Crippen molar-refractivity contribution in [1.82, 2.24) is 0 Å². The number of ether oxygens (including phenoxy) is 6. The van der Waals surface area contributed by atoms with Crippen molar-refractivity contribution in [3.8, 4) is 0 Å². The second-order valence-corrected chi connectivity index (χ2v) is 11.1. The summed E-state index contributed by atoms with van der Waals surface area (Å²) < 4.78 is 36.2. The molecule has 0 saturated carbocycles. The molecule has 2 aromatic rings. The second-order valence-electron chi connectivity index (χ2n) is 11.1. The zero-order valence-corrected chi connectivity index (χ0v) is 24.5. The first-order valence-electron chi connectivity index (χ1n) is 14.4. The van der Waals surface area contributed by atoms with Gasteiger partial charge in [0, 0.05) is 16.7 Å². The smallest absolute Gasteiger partial charge is 0.338 e. The first-order valence-corrected chi connectivity index (χ1v) is 14.4. The lowest BCUT2D eigenvalue weighted by atomic mass is 9.79. The number of carbonyl (C=O) groups is 1. The second kappa shape index (κ2) is 15.5. The van der Waals surface area contributed by atoms with E-state index in [2.05, 4.69) is 30.8 Å². The van der Waals surface area contributed by atoms with E-state index >= 15 is 0 Å². The number of aliphatic hydroxyl groups is 1. The molecule has 0 radical (unpaired) electrons. The van der Waals surface area contributed by atoms with Crippen LogP contribution in [0.1, 0.15) is 43.6 Å². The molecule has 10 atom stereocenters. The molecular weight excluding hydrogens is 542 g/mol. The van der Waals surface area contributed by atoms with Crippen molar-refractivity contribution < 1.29 is 38.3 Å². The van der Waals surface area contributed by atoms with Gasteiger partial charge < -0.3 is 33.5 Å². The Balaban J connectivity index is 1.46. The Labute approximate surface area is 246 Å². The van der Waals surface area contributed by atoms with Gasteiger partial charge in [-0.05, 0) is 35.1 Å². The fraction of sp³-hybridized carbons (Fsp3) is 0.581. The molecule has 2 aromatic carbocycles. The number of azide groups is 1. The molecule has 0 amide bonds. The number of aliphatic hydroxyl groups excluding tert-OH is 1. The van der Waals surface area contributed by atoms with Crippen molar-refractivity contribution in [2.75, 3.05) is 19.9 Å². The van der Waals surface area contributed by atoms with Crippen LogP contribution in [0.15, 0.2) is 65.8 Å². The van der Waals surface area contributed by atoms with Crippen LogP contribution < -0.4 is 0 Å². The molecule has 4 unspecified atom stereocenters. The lowest BCUT2D eigenvalue weighted by molar-refractivity contribution is -0.337. The van der Waals surface area contributed by atoms with E-state index in [1.54, 1.807) is 31.2 Å². The number of esters is 1. The van der Waals surface area contributed by atoms with E-state index in [0.29, 0.717) is 18.8 Å². The van der Waals surface area contributed by atoms with Crippen molar-refractivity contribution in [1.29, 1.82) is 0 Å². The third-order valence-electron chi connectivity index (χ3n) is 8.40. The largest absolute Gasteiger partial charge is 0.459 e. The molecule has 4 rings (SSSR count). The first kappa shape index (κ1) is 31.9. The average molecular weight is 584 g/mol. The maximum Gasteiger partial charge on any atom is 0.338 e. The third-order valence-corrected chi connectivity index (χ3v) is 8.40. The number of hydrogen-bond acceptors (Lipinski definition) is 9. The maximum atomic E-state index is 12.7. The molecule has 42 heavy (non-hydrogen) atoms. The van der Waals surface area contributed by atoms with Crippen molar-refractivity contribution in [2.24, 2.45) is 28.8 Å². The van der Waals surface area contributed by atoms with E-state index in [-0.39, 0.29) is 37.2 Å². The van der Waals surface area contributed by atoms with Crippen LogP contribution in [0.25, 0.3) is 10.4 Å². The van der Waals surface area contributed by atoms with Crippen LogP contribution in [0.4, 0.5) is 0 Å². The van der Waals surface area contributed by atoms with Crippen LogP contribution in [0.5, 0.6) is 0 Å². The van der Waals surface area contributed by atoms with Gasteiger partial charge in [-0.3, -0.25) is 0 Å². The standard InChI is InChI=1S/C31H41N3O8/c1-19-20(2)25(16-37-15-23-11-7-5-8-12-23)40-31(21(19)3)42-28-26(17-38-29(36)24-13-9-6-10-14-24)41-30(22(4)27(28)35)39-18-33-34-32/h5-14,19-22,25-28,30-31,35H,15-18H2,1-4H3/t19-,20+,21?,22?,25?,26?,27+,28-,30-,31+/m0/s1. The third kappa shape index (κ3) is 8.08. The minimum Gasteiger partial charge on any atom is -0.459 e. The molecule has 2 saturated heterocycles. The van der Waals surface area contributed by atoms with Crippen molar-refractivity contribution in [2.45, 2.75) is 71.3 Å². The van der Waals surface area contributed by atoms with Crippen LogP contribution in [0.3, 0.4) is 0 Å². The number of nitrogens with zero attached hydrogens (tertiary/aromatic N) is 3. The molecule has 2 aliphatic rings. The molecule has 11 heteroatoms. The van der Waals surface area contributed by atoms with Gasteiger partial charge in [0.25, 0.3) is 0 Å². The monoisotopic (exact) mass is 583 g/mol. The fourth-order valence-corrected chi connectivity index (χ4v) is 5.35. The van der Waals surface area contributed by atoms with Crippen molar-refractivity contribution >= 4 is 5.97 Å². The van der Waals surface area contributed by atoms with Gasteiger partial charge in [0.1, 0.15) is 25.5 Å². The van der Waals surface area contributed by atoms with E-state index in [4.69, 9.17) is 34.0 Å². The molecule has 2 aliphatic heterocycles. The Morgan fingerprint density at radius 3 is 2.24 bits per heavy atom. The van der Waals surface area contributed by atoms with Crippen molar-refractivity contribution in [3.05, 3.63) is 82.2 Å². The van der Waals surface area contributed by atoms with Gasteiger partial charge >= 0.3 is 5.97 Å². The summed E-state index contributed by atoms with van der Waals surface area (Å²) in [7, 11) is 0. The SMILES string of the molecule is CC1[C@@H](O[C@H]2C(COC(=O)c3ccccc3)O[C@H](OCN=[N+]=[N-])C(C)[C@H]2O)OC(COCc2ccccc2)[C@H](C)[C@@H]1C. The molecule has 11 nitrogen and oxygen atoms in total. The van der Waals surface area contributed by atoms with Gasteiger partial charge in [-0.15, -0.1) is 0 Å². The van der Waals surface area contributed by atoms with Crippen LogP contribution in [-0.2, 0) is 35.0 Å². The Morgan fingerprint density at radius 2 is 1.55 bits per heavy atom. The Hall–Kier alpha value is -3.02. The van der Waals surface area contributed by atoms with Crippen molar-refractivity contribution in [3.63, 3.8) is 0 Å². The highest BCUT2D eigenvalue weighted by molar-refractivity contribution is 5.89. The highest BCUT2D eigenvalue weighted by atomic mass is 16.7. The summed E-state index contributed by atoms with van der Waals surface area (Å²) in [6, 6.07) is 18.6. The zero-order valence-electron chi connectivity index (χ0n) is 24.5. The zero-order chi connectivity index (χ0) is 30.1. The molecule has 0 aromatic heterocycles. The first-order chi connectivity index (χ1) is 20.3. The summed E-state index contributed by atoms with van der Waals surface area (Å²) in [5, 5.41) is 14.8. The molecule has 228 valence electrons. The molecule has 2 heterocycles. The molecule has 1 N–H and O–H groups in total. The highest BCUT2D eigenvalue weighted by Crippen LogP contribution is 2.38. The van der Waals surface area contributed by atoms with Crippen LogP contribution in [0.2, 0.25) is 0 Å². The van der Waals surface area contributed by atoms with Gasteiger partial charge in [-0.25, -0.2) is 4.79 Å². The molecular formula is C31H41N3O8. The maximum absolute atomic E-state index is 12.7. The van der Waals surface area contributed by atoms with Gasteiger partial charge in [0.05, 0.1) is 31.0 Å². The Kier molecular flexibility index (Phi) is 11.7. The topological polar surface area (TPSA) is 141 Å². The predicted molar refractivity (Wildman–Crippen MR) is 153 cm³/mol. The molecule has 2 fully saturated rings.